The topological polar surface area (TPSA) is 88.8 Å². The first-order valence-electron chi connectivity index (χ1n) is 10.7. The van der Waals surface area contributed by atoms with E-state index < -0.39 is 46.4 Å². The Morgan fingerprint density at radius 2 is 1.88 bits per heavy atom. The zero-order valence-corrected chi connectivity index (χ0v) is 18.4. The Balaban J connectivity index is 1.93. The lowest BCUT2D eigenvalue weighted by Gasteiger charge is -2.27. The fourth-order valence-electron chi connectivity index (χ4n) is 5.14. The molecule has 0 bridgehead atoms. The van der Waals surface area contributed by atoms with Crippen molar-refractivity contribution in [3.63, 3.8) is 0 Å². The standard InChI is InChI=1S/C24H22F5N3O2/c1-3-11-12(4-5-15(25)20(11)26)13-9-23(2,24(27,28)29)10-14(13)17-8-18(33)19-16(32-17)6-7-31-21(19)22(30)34/h4-8,13-14H,3,9-10H2,1-2H3,(H2,30,34)(H,32,33)/t13-,14+,23+/m1/s1. The van der Waals surface area contributed by atoms with Gasteiger partial charge in [0.2, 0.25) is 0 Å². The molecule has 0 radical (unpaired) electrons. The van der Waals surface area contributed by atoms with Crippen LogP contribution in [0.2, 0.25) is 0 Å². The molecule has 2 aromatic heterocycles. The van der Waals surface area contributed by atoms with Gasteiger partial charge in [-0.1, -0.05) is 19.9 Å². The van der Waals surface area contributed by atoms with Crippen LogP contribution in [0.4, 0.5) is 22.0 Å². The molecular weight excluding hydrogens is 457 g/mol. The zero-order chi connectivity index (χ0) is 25.0. The number of primary amides is 1. The van der Waals surface area contributed by atoms with Gasteiger partial charge >= 0.3 is 6.18 Å². The Morgan fingerprint density at radius 1 is 1.21 bits per heavy atom. The van der Waals surface area contributed by atoms with Crippen LogP contribution in [0.1, 0.15) is 65.8 Å². The van der Waals surface area contributed by atoms with Crippen molar-refractivity contribution < 1.29 is 26.7 Å². The predicted molar refractivity (Wildman–Crippen MR) is 115 cm³/mol. The van der Waals surface area contributed by atoms with Crippen LogP contribution in [0.3, 0.4) is 0 Å². The summed E-state index contributed by atoms with van der Waals surface area (Å²) in [6.45, 7) is 2.70. The van der Waals surface area contributed by atoms with Gasteiger partial charge in [-0.15, -0.1) is 0 Å². The maximum absolute atomic E-state index is 14.6. The summed E-state index contributed by atoms with van der Waals surface area (Å²) >= 11 is 0. The first kappa shape index (κ1) is 23.8. The third-order valence-corrected chi connectivity index (χ3v) is 6.89. The molecule has 1 saturated carbocycles. The van der Waals surface area contributed by atoms with Gasteiger partial charge in [0.05, 0.1) is 16.3 Å². The largest absolute Gasteiger partial charge is 0.394 e. The molecule has 1 aliphatic carbocycles. The third kappa shape index (κ3) is 3.74. The summed E-state index contributed by atoms with van der Waals surface area (Å²) in [5, 5.41) is -0.0612. The highest BCUT2D eigenvalue weighted by atomic mass is 19.4. The van der Waals surface area contributed by atoms with Crippen LogP contribution in [0.5, 0.6) is 0 Å². The number of carbonyl (C=O) groups excluding carboxylic acids is 1. The fraction of sp³-hybridized carbons (Fsp3) is 0.375. The SMILES string of the molecule is CCc1c([C@H]2C[C@](C)(C(F)(F)F)C[C@@H]2c2cc(=O)c3c(C(N)=O)nccc3[nH]2)ccc(F)c1F. The van der Waals surface area contributed by atoms with Gasteiger partial charge in [-0.05, 0) is 48.4 Å². The number of amides is 1. The molecule has 1 aromatic carbocycles. The molecule has 2 heterocycles. The number of carbonyl (C=O) groups is 1. The van der Waals surface area contributed by atoms with Crippen molar-refractivity contribution in [3.05, 3.63) is 74.8 Å². The number of rotatable bonds is 4. The maximum atomic E-state index is 14.6. The highest BCUT2D eigenvalue weighted by molar-refractivity contribution is 6.03. The molecule has 3 atom stereocenters. The number of fused-ring (bicyclic) bond motifs is 1. The monoisotopic (exact) mass is 479 g/mol. The van der Waals surface area contributed by atoms with Crippen molar-refractivity contribution in [2.24, 2.45) is 11.1 Å². The molecule has 0 spiro atoms. The van der Waals surface area contributed by atoms with Gasteiger partial charge in [-0.2, -0.15) is 13.2 Å². The van der Waals surface area contributed by atoms with E-state index in [-0.39, 0.29) is 52.7 Å². The average Bonchev–Trinajstić information content (AvgIpc) is 3.13. The van der Waals surface area contributed by atoms with Crippen LogP contribution in [0.15, 0.2) is 35.3 Å². The lowest BCUT2D eigenvalue weighted by Crippen LogP contribution is -2.32. The van der Waals surface area contributed by atoms with E-state index >= 15 is 0 Å². The lowest BCUT2D eigenvalue weighted by atomic mass is 9.82. The summed E-state index contributed by atoms with van der Waals surface area (Å²) in [4.78, 5) is 31.4. The van der Waals surface area contributed by atoms with Crippen molar-refractivity contribution >= 4 is 16.8 Å². The van der Waals surface area contributed by atoms with E-state index in [1.165, 1.54) is 18.3 Å². The second-order valence-electron chi connectivity index (χ2n) is 9.00. The van der Waals surface area contributed by atoms with E-state index in [9.17, 15) is 31.5 Å². The van der Waals surface area contributed by atoms with Crippen LogP contribution >= 0.6 is 0 Å². The van der Waals surface area contributed by atoms with Crippen LogP contribution in [0.25, 0.3) is 10.9 Å². The number of alkyl halides is 3. The third-order valence-electron chi connectivity index (χ3n) is 6.89. The van der Waals surface area contributed by atoms with Gasteiger partial charge in [0.25, 0.3) is 5.91 Å². The summed E-state index contributed by atoms with van der Waals surface area (Å²) in [5.74, 6) is -4.74. The Kier molecular flexibility index (Phi) is 5.73. The summed E-state index contributed by atoms with van der Waals surface area (Å²) in [7, 11) is 0. The number of pyridine rings is 2. The first-order valence-corrected chi connectivity index (χ1v) is 10.7. The van der Waals surface area contributed by atoms with Gasteiger partial charge in [0.1, 0.15) is 5.69 Å². The first-order chi connectivity index (χ1) is 15.9. The van der Waals surface area contributed by atoms with Gasteiger partial charge in [-0.3, -0.25) is 14.6 Å². The molecule has 0 saturated heterocycles. The summed E-state index contributed by atoms with van der Waals surface area (Å²) in [6, 6.07) is 4.81. The normalized spacial score (nSPS) is 22.9. The summed E-state index contributed by atoms with van der Waals surface area (Å²) in [5.41, 5.74) is 3.04. The highest BCUT2D eigenvalue weighted by Crippen LogP contribution is 2.60. The number of nitrogens with zero attached hydrogens (tertiary/aromatic N) is 1. The Bertz CT molecular complexity index is 1350. The maximum Gasteiger partial charge on any atom is 0.394 e. The molecule has 0 unspecified atom stereocenters. The van der Waals surface area contributed by atoms with E-state index in [1.807, 2.05) is 0 Å². The zero-order valence-electron chi connectivity index (χ0n) is 18.4. The van der Waals surface area contributed by atoms with Gasteiger partial charge in [-0.25, -0.2) is 8.78 Å². The van der Waals surface area contributed by atoms with Crippen molar-refractivity contribution in [3.8, 4) is 0 Å². The quantitative estimate of drug-likeness (QED) is 0.511. The van der Waals surface area contributed by atoms with E-state index in [1.54, 1.807) is 6.92 Å². The molecule has 10 heteroatoms. The minimum Gasteiger partial charge on any atom is -0.364 e. The van der Waals surface area contributed by atoms with Crippen LogP contribution < -0.4 is 11.2 Å². The van der Waals surface area contributed by atoms with Gasteiger partial charge in [0.15, 0.2) is 17.1 Å². The molecule has 34 heavy (non-hydrogen) atoms. The molecule has 180 valence electrons. The minimum atomic E-state index is -4.55. The second-order valence-corrected chi connectivity index (χ2v) is 9.00. The van der Waals surface area contributed by atoms with Crippen LogP contribution in [-0.4, -0.2) is 22.1 Å². The molecule has 4 rings (SSSR count). The molecular formula is C24H22F5N3O2. The van der Waals surface area contributed by atoms with E-state index in [0.717, 1.165) is 19.1 Å². The molecule has 3 N–H and O–H groups in total. The van der Waals surface area contributed by atoms with Crippen molar-refractivity contribution in [1.82, 2.24) is 9.97 Å². The van der Waals surface area contributed by atoms with E-state index in [0.29, 0.717) is 0 Å². The molecule has 1 amide bonds. The minimum absolute atomic E-state index is 0.0183. The number of nitrogens with one attached hydrogen (secondary N) is 1. The Morgan fingerprint density at radius 3 is 2.50 bits per heavy atom. The molecule has 3 aromatic rings. The van der Waals surface area contributed by atoms with Crippen LogP contribution in [-0.2, 0) is 6.42 Å². The Hall–Kier alpha value is -3.30. The number of hydrogen-bond donors (Lipinski definition) is 2. The van der Waals surface area contributed by atoms with Crippen molar-refractivity contribution in [1.29, 1.82) is 0 Å². The van der Waals surface area contributed by atoms with Crippen molar-refractivity contribution in [2.75, 3.05) is 0 Å². The van der Waals surface area contributed by atoms with Crippen molar-refractivity contribution in [2.45, 2.75) is 51.1 Å². The number of benzene rings is 1. The number of aromatic amines is 1. The van der Waals surface area contributed by atoms with E-state index in [2.05, 4.69) is 9.97 Å². The average molecular weight is 479 g/mol. The summed E-state index contributed by atoms with van der Waals surface area (Å²) in [6.07, 6.45) is -3.92. The number of hydrogen-bond acceptors (Lipinski definition) is 3. The number of H-pyrrole nitrogens is 1. The van der Waals surface area contributed by atoms with Gasteiger partial charge in [0, 0.05) is 23.9 Å². The molecule has 1 fully saturated rings. The molecule has 0 aliphatic heterocycles. The second kappa shape index (κ2) is 8.18. The molecule has 1 aliphatic rings. The highest BCUT2D eigenvalue weighted by Gasteiger charge is 2.58. The van der Waals surface area contributed by atoms with Gasteiger partial charge < -0.3 is 10.7 Å². The predicted octanol–water partition coefficient (Wildman–Crippen LogP) is 5.09. The fourth-order valence-corrected chi connectivity index (χ4v) is 5.14. The lowest BCUT2D eigenvalue weighted by molar-refractivity contribution is -0.216. The summed E-state index contributed by atoms with van der Waals surface area (Å²) < 4.78 is 70.6. The smallest absolute Gasteiger partial charge is 0.364 e. The number of halogens is 5. The number of aromatic nitrogens is 2. The Labute approximate surface area is 191 Å². The van der Waals surface area contributed by atoms with Crippen LogP contribution in [0, 0.1) is 17.0 Å². The van der Waals surface area contributed by atoms with E-state index in [4.69, 9.17) is 5.73 Å². The molecule has 5 nitrogen and oxygen atoms in total. The number of nitrogens with two attached hydrogens (primary N) is 1.